The maximum Gasteiger partial charge on any atom is 0.226 e. The maximum absolute atomic E-state index is 11.9. The molecule has 0 unspecified atom stereocenters. The number of hydrogen-bond acceptors (Lipinski definition) is 5. The van der Waals surface area contributed by atoms with Gasteiger partial charge in [0.05, 0.1) is 17.0 Å². The van der Waals surface area contributed by atoms with E-state index < -0.39 is 0 Å². The lowest BCUT2D eigenvalue weighted by atomic mass is 10.3. The van der Waals surface area contributed by atoms with E-state index in [4.69, 9.17) is 4.74 Å². The van der Waals surface area contributed by atoms with Crippen molar-refractivity contribution in [1.29, 1.82) is 0 Å². The summed E-state index contributed by atoms with van der Waals surface area (Å²) in [7, 11) is 0. The zero-order valence-corrected chi connectivity index (χ0v) is 14.5. The Morgan fingerprint density at radius 3 is 2.95 bits per heavy atom. The van der Waals surface area contributed by atoms with Crippen molar-refractivity contribution in [3.8, 4) is 9.88 Å². The Labute approximate surface area is 139 Å². The molecule has 0 saturated carbocycles. The van der Waals surface area contributed by atoms with Gasteiger partial charge in [-0.3, -0.25) is 4.79 Å². The van der Waals surface area contributed by atoms with Crippen LogP contribution in [0.1, 0.15) is 31.9 Å². The molecule has 0 aromatic carbocycles. The zero-order valence-electron chi connectivity index (χ0n) is 12.8. The second-order valence-corrected chi connectivity index (χ2v) is 6.77. The number of rotatable bonds is 10. The van der Waals surface area contributed by atoms with Crippen LogP contribution < -0.4 is 5.32 Å². The number of carbonyl (C=O) groups excluding carboxylic acids is 1. The normalized spacial score (nSPS) is 10.8. The second kappa shape index (κ2) is 9.71. The van der Waals surface area contributed by atoms with Crippen molar-refractivity contribution in [3.63, 3.8) is 0 Å². The van der Waals surface area contributed by atoms with Gasteiger partial charge in [0.2, 0.25) is 5.91 Å². The number of aromatic nitrogens is 1. The van der Waals surface area contributed by atoms with Crippen molar-refractivity contribution < 1.29 is 9.53 Å². The van der Waals surface area contributed by atoms with Gasteiger partial charge >= 0.3 is 0 Å². The molecule has 0 aliphatic carbocycles. The smallest absolute Gasteiger partial charge is 0.226 e. The van der Waals surface area contributed by atoms with E-state index in [2.05, 4.69) is 17.2 Å². The molecule has 4 nitrogen and oxygen atoms in total. The van der Waals surface area contributed by atoms with Crippen LogP contribution in [0.5, 0.6) is 0 Å². The standard InChI is InChI=1S/C16H22N2O2S2/c1-2-3-8-20-9-5-7-17-15(19)11-13-12-22-16(18-13)14-6-4-10-21-14/h4,6,10,12H,2-3,5,7-9,11H2,1H3,(H,17,19). The van der Waals surface area contributed by atoms with E-state index in [1.54, 1.807) is 22.7 Å². The Balaban J connectivity index is 1.63. The summed E-state index contributed by atoms with van der Waals surface area (Å²) >= 11 is 3.25. The van der Waals surface area contributed by atoms with Gasteiger partial charge in [0.1, 0.15) is 5.01 Å². The molecule has 2 aromatic heterocycles. The van der Waals surface area contributed by atoms with Crippen LogP contribution in [0, 0.1) is 0 Å². The van der Waals surface area contributed by atoms with Crippen LogP contribution in [0.2, 0.25) is 0 Å². The van der Waals surface area contributed by atoms with Crippen molar-refractivity contribution in [1.82, 2.24) is 10.3 Å². The van der Waals surface area contributed by atoms with Crippen molar-refractivity contribution in [2.75, 3.05) is 19.8 Å². The van der Waals surface area contributed by atoms with Gasteiger partial charge in [-0.2, -0.15) is 0 Å². The zero-order chi connectivity index (χ0) is 15.6. The number of thiazole rings is 1. The first-order chi connectivity index (χ1) is 10.8. The molecule has 0 spiro atoms. The lowest BCUT2D eigenvalue weighted by Crippen LogP contribution is -2.27. The number of nitrogens with one attached hydrogen (secondary N) is 1. The SMILES string of the molecule is CCCCOCCCNC(=O)Cc1csc(-c2cccs2)n1. The third kappa shape index (κ3) is 5.87. The average Bonchev–Trinajstić information content (AvgIpc) is 3.17. The first-order valence-electron chi connectivity index (χ1n) is 7.62. The molecule has 22 heavy (non-hydrogen) atoms. The first-order valence-corrected chi connectivity index (χ1v) is 9.38. The number of thiophene rings is 1. The fraction of sp³-hybridized carbons (Fsp3) is 0.500. The molecule has 2 heterocycles. The third-order valence-electron chi connectivity index (χ3n) is 3.06. The number of ether oxygens (including phenoxy) is 1. The molecule has 1 amide bonds. The van der Waals surface area contributed by atoms with Gasteiger partial charge in [-0.1, -0.05) is 19.4 Å². The fourth-order valence-corrected chi connectivity index (χ4v) is 3.51. The van der Waals surface area contributed by atoms with Gasteiger partial charge in [-0.05, 0) is 24.3 Å². The molecule has 0 aliphatic heterocycles. The lowest BCUT2D eigenvalue weighted by Gasteiger charge is -2.05. The van der Waals surface area contributed by atoms with Crippen molar-refractivity contribution in [2.24, 2.45) is 0 Å². The van der Waals surface area contributed by atoms with E-state index in [0.29, 0.717) is 19.6 Å². The van der Waals surface area contributed by atoms with Gasteiger partial charge in [0.25, 0.3) is 0 Å². The minimum atomic E-state index is 0.0246. The number of hydrogen-bond donors (Lipinski definition) is 1. The summed E-state index contributed by atoms with van der Waals surface area (Å²) in [5, 5.41) is 7.90. The summed E-state index contributed by atoms with van der Waals surface area (Å²) in [6.45, 7) is 4.33. The Hall–Kier alpha value is -1.24. The Morgan fingerprint density at radius 1 is 1.32 bits per heavy atom. The van der Waals surface area contributed by atoms with Crippen LogP contribution in [-0.2, 0) is 16.0 Å². The van der Waals surface area contributed by atoms with Crippen LogP contribution in [0.4, 0.5) is 0 Å². The number of amides is 1. The van der Waals surface area contributed by atoms with Crippen molar-refractivity contribution in [3.05, 3.63) is 28.6 Å². The van der Waals surface area contributed by atoms with Gasteiger partial charge in [-0.15, -0.1) is 22.7 Å². The Morgan fingerprint density at radius 2 is 2.18 bits per heavy atom. The minimum absolute atomic E-state index is 0.0246. The Bertz CT molecular complexity index is 552. The minimum Gasteiger partial charge on any atom is -0.381 e. The highest BCUT2D eigenvalue weighted by Crippen LogP contribution is 2.27. The molecule has 6 heteroatoms. The van der Waals surface area contributed by atoms with E-state index in [9.17, 15) is 4.79 Å². The number of nitrogens with zero attached hydrogens (tertiary/aromatic N) is 1. The summed E-state index contributed by atoms with van der Waals surface area (Å²) in [5.74, 6) is 0.0246. The highest BCUT2D eigenvalue weighted by Gasteiger charge is 2.09. The molecule has 0 saturated heterocycles. The van der Waals surface area contributed by atoms with E-state index in [0.717, 1.165) is 41.4 Å². The fourth-order valence-electron chi connectivity index (χ4n) is 1.88. The van der Waals surface area contributed by atoms with E-state index in [1.165, 1.54) is 0 Å². The molecular weight excluding hydrogens is 316 g/mol. The molecule has 120 valence electrons. The van der Waals surface area contributed by atoms with Crippen LogP contribution in [0.15, 0.2) is 22.9 Å². The van der Waals surface area contributed by atoms with Crippen LogP contribution in [0.25, 0.3) is 9.88 Å². The highest BCUT2D eigenvalue weighted by atomic mass is 32.1. The predicted octanol–water partition coefficient (Wildman–Crippen LogP) is 3.74. The maximum atomic E-state index is 11.9. The molecule has 0 radical (unpaired) electrons. The highest BCUT2D eigenvalue weighted by molar-refractivity contribution is 7.20. The largest absolute Gasteiger partial charge is 0.381 e. The summed E-state index contributed by atoms with van der Waals surface area (Å²) in [6.07, 6.45) is 3.45. The van der Waals surface area contributed by atoms with Crippen molar-refractivity contribution >= 4 is 28.6 Å². The molecule has 0 aliphatic rings. The van der Waals surface area contributed by atoms with Crippen LogP contribution in [0.3, 0.4) is 0 Å². The summed E-state index contributed by atoms with van der Waals surface area (Å²) in [4.78, 5) is 17.5. The van der Waals surface area contributed by atoms with Crippen LogP contribution in [-0.4, -0.2) is 30.6 Å². The summed E-state index contributed by atoms with van der Waals surface area (Å²) in [5.41, 5.74) is 0.838. The quantitative estimate of drug-likeness (QED) is 0.672. The molecule has 0 atom stereocenters. The predicted molar refractivity (Wildman–Crippen MR) is 92.5 cm³/mol. The monoisotopic (exact) mass is 338 g/mol. The van der Waals surface area contributed by atoms with E-state index in [-0.39, 0.29) is 5.91 Å². The third-order valence-corrected chi connectivity index (χ3v) is 4.99. The lowest BCUT2D eigenvalue weighted by molar-refractivity contribution is -0.120. The van der Waals surface area contributed by atoms with Gasteiger partial charge in [0, 0.05) is 25.1 Å². The summed E-state index contributed by atoms with van der Waals surface area (Å²) in [6, 6.07) is 4.06. The second-order valence-electron chi connectivity index (χ2n) is 4.97. The number of carbonyl (C=O) groups is 1. The molecule has 1 N–H and O–H groups in total. The molecule has 0 fully saturated rings. The number of unbranched alkanes of at least 4 members (excludes halogenated alkanes) is 1. The average molecular weight is 338 g/mol. The molecule has 2 rings (SSSR count). The first kappa shape index (κ1) is 17.1. The Kier molecular flexibility index (Phi) is 7.56. The van der Waals surface area contributed by atoms with E-state index in [1.807, 2.05) is 22.9 Å². The van der Waals surface area contributed by atoms with Gasteiger partial charge < -0.3 is 10.1 Å². The van der Waals surface area contributed by atoms with Gasteiger partial charge in [-0.25, -0.2) is 4.98 Å². The molecular formula is C16H22N2O2S2. The van der Waals surface area contributed by atoms with Crippen LogP contribution >= 0.6 is 22.7 Å². The van der Waals surface area contributed by atoms with Gasteiger partial charge in [0.15, 0.2) is 0 Å². The van der Waals surface area contributed by atoms with E-state index >= 15 is 0 Å². The summed E-state index contributed by atoms with van der Waals surface area (Å²) < 4.78 is 5.46. The molecule has 0 bridgehead atoms. The molecule has 2 aromatic rings. The van der Waals surface area contributed by atoms with Crippen molar-refractivity contribution in [2.45, 2.75) is 32.6 Å². The topological polar surface area (TPSA) is 51.2 Å².